The first-order valence-corrected chi connectivity index (χ1v) is 9.83. The van der Waals surface area contributed by atoms with Gasteiger partial charge < -0.3 is 10.1 Å². The Hall–Kier alpha value is -2.60. The van der Waals surface area contributed by atoms with E-state index in [1.54, 1.807) is 6.08 Å². The Morgan fingerprint density at radius 1 is 1.25 bits per heavy atom. The van der Waals surface area contributed by atoms with Gasteiger partial charge >= 0.3 is 6.03 Å². The summed E-state index contributed by atoms with van der Waals surface area (Å²) in [4.78, 5) is 25.7. The number of allylic oxidation sites excluding steroid dienone is 1. The van der Waals surface area contributed by atoms with Crippen LogP contribution < -0.4 is 15.4 Å². The van der Waals surface area contributed by atoms with E-state index in [0.29, 0.717) is 19.7 Å². The van der Waals surface area contributed by atoms with Gasteiger partial charge in [-0.05, 0) is 56.8 Å². The molecule has 0 atom stereocenters. The number of nitrogens with zero attached hydrogens (tertiary/aromatic N) is 1. The van der Waals surface area contributed by atoms with Crippen LogP contribution in [-0.2, 0) is 11.3 Å². The van der Waals surface area contributed by atoms with E-state index in [4.69, 9.17) is 4.74 Å². The van der Waals surface area contributed by atoms with Crippen molar-refractivity contribution in [2.24, 2.45) is 0 Å². The Morgan fingerprint density at radius 3 is 2.71 bits per heavy atom. The van der Waals surface area contributed by atoms with Gasteiger partial charge in [0.05, 0.1) is 6.54 Å². The highest BCUT2D eigenvalue weighted by Crippen LogP contribution is 2.19. The normalized spacial score (nSPS) is 13.6. The summed E-state index contributed by atoms with van der Waals surface area (Å²) in [6, 6.07) is 7.27. The standard InChI is InChI=1S/C22H31N3O3/c1-3-15-28-20-11-9-19(10-12-20)16-25(2)17-21(26)24-22(27)23-14-13-18-7-5-4-6-8-18/h3,7,9-12H,1,4-6,8,13-17H2,2H3,(H2,23,24,26,27). The van der Waals surface area contributed by atoms with Crippen molar-refractivity contribution in [3.8, 4) is 5.75 Å². The summed E-state index contributed by atoms with van der Waals surface area (Å²) < 4.78 is 5.45. The van der Waals surface area contributed by atoms with E-state index in [2.05, 4.69) is 23.3 Å². The molecule has 152 valence electrons. The Kier molecular flexibility index (Phi) is 9.28. The van der Waals surface area contributed by atoms with Crippen LogP contribution in [0.5, 0.6) is 5.75 Å². The van der Waals surface area contributed by atoms with Crippen molar-refractivity contribution in [3.63, 3.8) is 0 Å². The van der Waals surface area contributed by atoms with Crippen LogP contribution in [0.2, 0.25) is 0 Å². The van der Waals surface area contributed by atoms with Crippen molar-refractivity contribution in [1.29, 1.82) is 0 Å². The zero-order chi connectivity index (χ0) is 20.2. The molecule has 0 aliphatic heterocycles. The smallest absolute Gasteiger partial charge is 0.321 e. The highest BCUT2D eigenvalue weighted by molar-refractivity contribution is 5.95. The molecule has 0 unspecified atom stereocenters. The van der Waals surface area contributed by atoms with Gasteiger partial charge in [0.1, 0.15) is 12.4 Å². The van der Waals surface area contributed by atoms with Crippen molar-refractivity contribution >= 4 is 11.9 Å². The van der Waals surface area contributed by atoms with E-state index < -0.39 is 6.03 Å². The number of benzene rings is 1. The number of hydrogen-bond acceptors (Lipinski definition) is 4. The minimum Gasteiger partial charge on any atom is -0.490 e. The number of nitrogens with one attached hydrogen (secondary N) is 2. The fourth-order valence-electron chi connectivity index (χ4n) is 3.14. The van der Waals surface area contributed by atoms with Crippen LogP contribution >= 0.6 is 0 Å². The Morgan fingerprint density at radius 2 is 2.04 bits per heavy atom. The number of ether oxygens (including phenoxy) is 1. The van der Waals surface area contributed by atoms with E-state index in [1.165, 1.54) is 18.4 Å². The van der Waals surface area contributed by atoms with Gasteiger partial charge in [0.25, 0.3) is 0 Å². The average Bonchev–Trinajstić information content (AvgIpc) is 2.68. The minimum absolute atomic E-state index is 0.146. The summed E-state index contributed by atoms with van der Waals surface area (Å²) in [5.74, 6) is 0.465. The molecular formula is C22H31N3O3. The molecule has 0 heterocycles. The Labute approximate surface area is 167 Å². The zero-order valence-corrected chi connectivity index (χ0v) is 16.7. The Bertz CT molecular complexity index is 683. The third-order valence-electron chi connectivity index (χ3n) is 4.53. The van der Waals surface area contributed by atoms with Crippen molar-refractivity contribution in [3.05, 3.63) is 54.1 Å². The first-order valence-electron chi connectivity index (χ1n) is 9.83. The highest BCUT2D eigenvalue weighted by Gasteiger charge is 2.11. The van der Waals surface area contributed by atoms with Crippen LogP contribution in [0.3, 0.4) is 0 Å². The van der Waals surface area contributed by atoms with E-state index in [0.717, 1.165) is 30.6 Å². The maximum atomic E-state index is 12.0. The average molecular weight is 386 g/mol. The molecule has 2 rings (SSSR count). The van der Waals surface area contributed by atoms with Crippen molar-refractivity contribution < 1.29 is 14.3 Å². The van der Waals surface area contributed by atoms with E-state index in [9.17, 15) is 9.59 Å². The molecule has 0 aromatic heterocycles. The van der Waals surface area contributed by atoms with Crippen LogP contribution in [0.1, 0.15) is 37.7 Å². The number of likely N-dealkylation sites (N-methyl/N-ethyl adjacent to an activating group) is 1. The predicted molar refractivity (Wildman–Crippen MR) is 111 cm³/mol. The molecule has 1 aromatic rings. The van der Waals surface area contributed by atoms with Crippen LogP contribution in [0.15, 0.2) is 48.6 Å². The van der Waals surface area contributed by atoms with Gasteiger partial charge in [-0.2, -0.15) is 0 Å². The SMILES string of the molecule is C=CCOc1ccc(CN(C)CC(=O)NC(=O)NCCC2=CCCCC2)cc1. The summed E-state index contributed by atoms with van der Waals surface area (Å²) in [6.45, 7) is 5.39. The highest BCUT2D eigenvalue weighted by atomic mass is 16.5. The number of carbonyl (C=O) groups is 2. The molecule has 0 bridgehead atoms. The van der Waals surface area contributed by atoms with Crippen LogP contribution in [0.25, 0.3) is 0 Å². The third-order valence-corrected chi connectivity index (χ3v) is 4.53. The molecule has 0 spiro atoms. The molecular weight excluding hydrogens is 354 g/mol. The number of hydrogen-bond donors (Lipinski definition) is 2. The number of imide groups is 1. The third kappa shape index (κ3) is 8.39. The van der Waals surface area contributed by atoms with Gasteiger partial charge in [-0.3, -0.25) is 15.0 Å². The van der Waals surface area contributed by atoms with Crippen LogP contribution in [-0.4, -0.2) is 43.6 Å². The van der Waals surface area contributed by atoms with Gasteiger partial charge in [-0.1, -0.05) is 36.4 Å². The largest absolute Gasteiger partial charge is 0.490 e. The topological polar surface area (TPSA) is 70.7 Å². The van der Waals surface area contributed by atoms with Gasteiger partial charge in [-0.25, -0.2) is 4.79 Å². The Balaban J connectivity index is 1.64. The predicted octanol–water partition coefficient (Wildman–Crippen LogP) is 3.40. The molecule has 6 nitrogen and oxygen atoms in total. The molecule has 1 aliphatic rings. The van der Waals surface area contributed by atoms with Gasteiger partial charge in [0, 0.05) is 13.1 Å². The van der Waals surface area contributed by atoms with Crippen LogP contribution in [0.4, 0.5) is 4.79 Å². The molecule has 2 N–H and O–H groups in total. The lowest BCUT2D eigenvalue weighted by molar-refractivity contribution is -0.120. The lowest BCUT2D eigenvalue weighted by Gasteiger charge is -2.17. The first kappa shape index (κ1) is 21.7. The summed E-state index contributed by atoms with van der Waals surface area (Å²) in [7, 11) is 1.84. The maximum absolute atomic E-state index is 12.0. The molecule has 6 heteroatoms. The quantitative estimate of drug-likeness (QED) is 0.606. The second kappa shape index (κ2) is 12.0. The lowest BCUT2D eigenvalue weighted by atomic mass is 9.97. The second-order valence-corrected chi connectivity index (χ2v) is 7.08. The molecule has 28 heavy (non-hydrogen) atoms. The monoisotopic (exact) mass is 385 g/mol. The van der Waals surface area contributed by atoms with E-state index in [-0.39, 0.29) is 12.5 Å². The first-order chi connectivity index (χ1) is 13.6. The van der Waals surface area contributed by atoms with Crippen LogP contribution in [0, 0.1) is 0 Å². The molecule has 0 fully saturated rings. The van der Waals surface area contributed by atoms with Crippen molar-refractivity contribution in [1.82, 2.24) is 15.5 Å². The molecule has 0 radical (unpaired) electrons. The summed E-state index contributed by atoms with van der Waals surface area (Å²) >= 11 is 0. The zero-order valence-electron chi connectivity index (χ0n) is 16.7. The number of rotatable bonds is 10. The second-order valence-electron chi connectivity index (χ2n) is 7.08. The van der Waals surface area contributed by atoms with Gasteiger partial charge in [-0.15, -0.1) is 0 Å². The van der Waals surface area contributed by atoms with Crippen molar-refractivity contribution in [2.45, 2.75) is 38.6 Å². The molecule has 1 aliphatic carbocycles. The minimum atomic E-state index is -0.432. The molecule has 0 saturated carbocycles. The van der Waals surface area contributed by atoms with Gasteiger partial charge in [0.2, 0.25) is 5.91 Å². The van der Waals surface area contributed by atoms with E-state index >= 15 is 0 Å². The summed E-state index contributed by atoms with van der Waals surface area (Å²) in [5, 5.41) is 5.14. The fourth-order valence-corrected chi connectivity index (χ4v) is 3.14. The maximum Gasteiger partial charge on any atom is 0.321 e. The number of carbonyl (C=O) groups excluding carboxylic acids is 2. The summed E-state index contributed by atoms with van der Waals surface area (Å²) in [5.41, 5.74) is 2.46. The fraction of sp³-hybridized carbons (Fsp3) is 0.455. The molecule has 0 saturated heterocycles. The lowest BCUT2D eigenvalue weighted by Crippen LogP contribution is -2.43. The number of urea groups is 1. The summed E-state index contributed by atoms with van der Waals surface area (Å²) in [6.07, 6.45) is 9.56. The molecule has 1 aromatic carbocycles. The van der Waals surface area contributed by atoms with E-state index in [1.807, 2.05) is 36.2 Å². The number of amides is 3. The van der Waals surface area contributed by atoms with Crippen molar-refractivity contribution in [2.75, 3.05) is 26.7 Å². The van der Waals surface area contributed by atoms with Gasteiger partial charge in [0.15, 0.2) is 0 Å². The molecule has 3 amide bonds.